The number of hydrogen-bond donors (Lipinski definition) is 2. The van der Waals surface area contributed by atoms with Crippen LogP contribution in [0.5, 0.6) is 0 Å². The average Bonchev–Trinajstić information content (AvgIpc) is 2.78. The molecule has 0 saturated carbocycles. The SMILES string of the molecule is CCNC(=O)c1ncc(C(C)C)c2cc(Nc3ccnc(N4CCCC(C)C4)n3)ncc12. The molecule has 32 heavy (non-hydrogen) atoms. The van der Waals surface area contributed by atoms with Gasteiger partial charge < -0.3 is 15.5 Å². The Bertz CT molecular complexity index is 1110. The number of rotatable bonds is 6. The van der Waals surface area contributed by atoms with E-state index >= 15 is 0 Å². The van der Waals surface area contributed by atoms with Gasteiger partial charge in [-0.1, -0.05) is 20.8 Å². The molecule has 1 aliphatic heterocycles. The number of aromatic nitrogens is 4. The molecular formula is C24H31N7O. The highest BCUT2D eigenvalue weighted by Crippen LogP contribution is 2.29. The van der Waals surface area contributed by atoms with E-state index in [-0.39, 0.29) is 11.8 Å². The smallest absolute Gasteiger partial charge is 0.270 e. The monoisotopic (exact) mass is 433 g/mol. The quantitative estimate of drug-likeness (QED) is 0.599. The van der Waals surface area contributed by atoms with Crippen LogP contribution in [-0.4, -0.2) is 45.5 Å². The lowest BCUT2D eigenvalue weighted by Gasteiger charge is -2.30. The van der Waals surface area contributed by atoms with Gasteiger partial charge in [-0.25, -0.2) is 9.97 Å². The predicted octanol–water partition coefficient (Wildman–Crippen LogP) is 4.27. The van der Waals surface area contributed by atoms with Crippen LogP contribution in [0.3, 0.4) is 0 Å². The molecule has 1 aliphatic rings. The molecule has 8 nitrogen and oxygen atoms in total. The first-order chi connectivity index (χ1) is 15.5. The molecular weight excluding hydrogens is 402 g/mol. The fourth-order valence-electron chi connectivity index (χ4n) is 4.18. The summed E-state index contributed by atoms with van der Waals surface area (Å²) in [5.74, 6) is 2.83. The van der Waals surface area contributed by atoms with E-state index in [1.807, 2.05) is 19.1 Å². The van der Waals surface area contributed by atoms with E-state index in [0.717, 1.165) is 41.8 Å². The number of nitrogens with zero attached hydrogens (tertiary/aromatic N) is 5. The van der Waals surface area contributed by atoms with Crippen molar-refractivity contribution in [2.24, 2.45) is 5.92 Å². The molecule has 0 spiro atoms. The number of pyridine rings is 2. The first-order valence-electron chi connectivity index (χ1n) is 11.4. The molecule has 3 aromatic rings. The number of fused-ring (bicyclic) bond motifs is 1. The molecule has 8 heteroatoms. The molecule has 168 valence electrons. The molecule has 4 rings (SSSR count). The van der Waals surface area contributed by atoms with E-state index in [4.69, 9.17) is 4.98 Å². The number of piperidine rings is 1. The molecule has 2 N–H and O–H groups in total. The fourth-order valence-corrected chi connectivity index (χ4v) is 4.18. The van der Waals surface area contributed by atoms with Gasteiger partial charge in [0.15, 0.2) is 0 Å². The molecule has 4 heterocycles. The maximum absolute atomic E-state index is 12.5. The number of nitrogens with one attached hydrogen (secondary N) is 2. The van der Waals surface area contributed by atoms with Crippen molar-refractivity contribution in [3.63, 3.8) is 0 Å². The molecule has 1 saturated heterocycles. The standard InChI is InChI=1S/C24H31N7O/c1-5-25-23(32)22-19-13-27-21(11-17(19)18(12-28-22)15(2)3)29-20-8-9-26-24(30-20)31-10-6-7-16(4)14-31/h8-9,11-13,15-16H,5-7,10,14H2,1-4H3,(H,25,32)(H,26,27,29,30). The van der Waals surface area contributed by atoms with Crippen LogP contribution in [-0.2, 0) is 0 Å². The van der Waals surface area contributed by atoms with Crippen LogP contribution in [0, 0.1) is 5.92 Å². The molecule has 0 radical (unpaired) electrons. The third-order valence-electron chi connectivity index (χ3n) is 5.82. The summed E-state index contributed by atoms with van der Waals surface area (Å²) in [6.45, 7) is 10.9. The maximum Gasteiger partial charge on any atom is 0.270 e. The molecule has 1 amide bonds. The summed E-state index contributed by atoms with van der Waals surface area (Å²) in [5.41, 5.74) is 1.47. The molecule has 0 aromatic carbocycles. The van der Waals surface area contributed by atoms with Crippen molar-refractivity contribution in [1.82, 2.24) is 25.3 Å². The van der Waals surface area contributed by atoms with E-state index in [1.165, 1.54) is 6.42 Å². The zero-order chi connectivity index (χ0) is 22.7. The Morgan fingerprint density at radius 2 is 2.03 bits per heavy atom. The van der Waals surface area contributed by atoms with E-state index in [9.17, 15) is 4.79 Å². The minimum atomic E-state index is -0.188. The molecule has 1 unspecified atom stereocenters. The van der Waals surface area contributed by atoms with Gasteiger partial charge in [-0.05, 0) is 54.7 Å². The van der Waals surface area contributed by atoms with Gasteiger partial charge in [0, 0.05) is 43.6 Å². The van der Waals surface area contributed by atoms with E-state index < -0.39 is 0 Å². The summed E-state index contributed by atoms with van der Waals surface area (Å²) in [4.78, 5) is 32.9. The van der Waals surface area contributed by atoms with Gasteiger partial charge in [-0.15, -0.1) is 0 Å². The van der Waals surface area contributed by atoms with Crippen molar-refractivity contribution in [3.05, 3.63) is 42.0 Å². The molecule has 1 fully saturated rings. The third-order valence-corrected chi connectivity index (χ3v) is 5.82. The Labute approximate surface area is 188 Å². The molecule has 3 aromatic heterocycles. The van der Waals surface area contributed by atoms with Crippen molar-refractivity contribution < 1.29 is 4.79 Å². The average molecular weight is 434 g/mol. The first-order valence-corrected chi connectivity index (χ1v) is 11.4. The van der Waals surface area contributed by atoms with E-state index in [2.05, 4.69) is 51.3 Å². The van der Waals surface area contributed by atoms with Gasteiger partial charge in [0.2, 0.25) is 5.95 Å². The predicted molar refractivity (Wildman–Crippen MR) is 128 cm³/mol. The molecule has 0 aliphatic carbocycles. The van der Waals surface area contributed by atoms with Crippen LogP contribution < -0.4 is 15.5 Å². The van der Waals surface area contributed by atoms with E-state index in [1.54, 1.807) is 18.6 Å². The highest BCUT2D eigenvalue weighted by molar-refractivity contribution is 6.06. The minimum Gasteiger partial charge on any atom is -0.351 e. The minimum absolute atomic E-state index is 0.188. The Kier molecular flexibility index (Phi) is 6.48. The van der Waals surface area contributed by atoms with E-state index in [0.29, 0.717) is 29.8 Å². The lowest BCUT2D eigenvalue weighted by Crippen LogP contribution is -2.35. The van der Waals surface area contributed by atoms with Gasteiger partial charge >= 0.3 is 0 Å². The Morgan fingerprint density at radius 1 is 1.19 bits per heavy atom. The lowest BCUT2D eigenvalue weighted by atomic mass is 9.98. The largest absolute Gasteiger partial charge is 0.351 e. The summed E-state index contributed by atoms with van der Waals surface area (Å²) < 4.78 is 0. The summed E-state index contributed by atoms with van der Waals surface area (Å²) in [5, 5.41) is 7.86. The summed E-state index contributed by atoms with van der Waals surface area (Å²) in [7, 11) is 0. The Balaban J connectivity index is 1.66. The van der Waals surface area contributed by atoms with Crippen molar-refractivity contribution in [2.45, 2.75) is 46.5 Å². The number of hydrogen-bond acceptors (Lipinski definition) is 7. The zero-order valence-electron chi connectivity index (χ0n) is 19.2. The van der Waals surface area contributed by atoms with Crippen LogP contribution in [0.15, 0.2) is 30.7 Å². The molecule has 0 bridgehead atoms. The maximum atomic E-state index is 12.5. The fraction of sp³-hybridized carbons (Fsp3) is 0.458. The van der Waals surface area contributed by atoms with Crippen molar-refractivity contribution in [1.29, 1.82) is 0 Å². The highest BCUT2D eigenvalue weighted by atomic mass is 16.1. The van der Waals surface area contributed by atoms with Crippen LogP contribution in [0.1, 0.15) is 62.5 Å². The van der Waals surface area contributed by atoms with Gasteiger partial charge in [-0.2, -0.15) is 4.98 Å². The summed E-state index contributed by atoms with van der Waals surface area (Å²) in [6.07, 6.45) is 7.70. The Morgan fingerprint density at radius 3 is 2.78 bits per heavy atom. The van der Waals surface area contributed by atoms with Gasteiger partial charge in [0.25, 0.3) is 5.91 Å². The number of anilines is 3. The first kappa shape index (κ1) is 21.9. The highest BCUT2D eigenvalue weighted by Gasteiger charge is 2.19. The number of carbonyl (C=O) groups excluding carboxylic acids is 1. The van der Waals surface area contributed by atoms with Gasteiger partial charge in [0.1, 0.15) is 17.3 Å². The second kappa shape index (κ2) is 9.46. The van der Waals surface area contributed by atoms with Crippen molar-refractivity contribution in [3.8, 4) is 0 Å². The van der Waals surface area contributed by atoms with Gasteiger partial charge in [-0.3, -0.25) is 9.78 Å². The zero-order valence-corrected chi connectivity index (χ0v) is 19.2. The van der Waals surface area contributed by atoms with Crippen molar-refractivity contribution >= 4 is 34.3 Å². The van der Waals surface area contributed by atoms with Gasteiger partial charge in [0.05, 0.1) is 0 Å². The van der Waals surface area contributed by atoms with Crippen molar-refractivity contribution in [2.75, 3.05) is 29.9 Å². The Hall–Kier alpha value is -3.29. The summed E-state index contributed by atoms with van der Waals surface area (Å²) >= 11 is 0. The van der Waals surface area contributed by atoms with Crippen LogP contribution >= 0.6 is 0 Å². The lowest BCUT2D eigenvalue weighted by molar-refractivity contribution is 0.0952. The molecule has 1 atom stereocenters. The normalized spacial score (nSPS) is 16.4. The third kappa shape index (κ3) is 4.64. The second-order valence-corrected chi connectivity index (χ2v) is 8.75. The van der Waals surface area contributed by atoms with Crippen LogP contribution in [0.2, 0.25) is 0 Å². The number of carbonyl (C=O) groups is 1. The topological polar surface area (TPSA) is 95.9 Å². The van der Waals surface area contributed by atoms with Crippen LogP contribution in [0.4, 0.5) is 17.6 Å². The number of amides is 1. The van der Waals surface area contributed by atoms with Crippen LogP contribution in [0.25, 0.3) is 10.8 Å². The second-order valence-electron chi connectivity index (χ2n) is 8.75. The summed E-state index contributed by atoms with van der Waals surface area (Å²) in [6, 6.07) is 3.82.